The molecule has 1 aromatic carbocycles. The van der Waals surface area contributed by atoms with E-state index in [2.05, 4.69) is 4.98 Å². The molecule has 0 radical (unpaired) electrons. The number of aromatic carboxylic acids is 1. The van der Waals surface area contributed by atoms with Crippen LogP contribution in [0.25, 0.3) is 0 Å². The van der Waals surface area contributed by atoms with Gasteiger partial charge in [0.2, 0.25) is 5.88 Å². The van der Waals surface area contributed by atoms with Crippen molar-refractivity contribution < 1.29 is 14.6 Å². The molecular weight excluding hydrogens is 254 g/mol. The maximum Gasteiger partial charge on any atom is 0.335 e. The van der Waals surface area contributed by atoms with Gasteiger partial charge < -0.3 is 9.84 Å². The van der Waals surface area contributed by atoms with E-state index in [1.807, 2.05) is 39.0 Å². The zero-order valence-corrected chi connectivity index (χ0v) is 11.8. The summed E-state index contributed by atoms with van der Waals surface area (Å²) in [6, 6.07) is 8.89. The Morgan fingerprint density at radius 2 is 2.00 bits per heavy atom. The first kappa shape index (κ1) is 14.1. The first-order chi connectivity index (χ1) is 9.49. The van der Waals surface area contributed by atoms with Crippen LogP contribution in [0.4, 0.5) is 0 Å². The third-order valence-corrected chi connectivity index (χ3v) is 3.02. The summed E-state index contributed by atoms with van der Waals surface area (Å²) in [5.74, 6) is 0.0328. The summed E-state index contributed by atoms with van der Waals surface area (Å²) >= 11 is 0. The lowest BCUT2D eigenvalue weighted by molar-refractivity contribution is 0.0696. The van der Waals surface area contributed by atoms with Crippen LogP contribution in [0.5, 0.6) is 11.6 Å². The zero-order valence-electron chi connectivity index (χ0n) is 11.8. The number of pyridine rings is 1. The number of benzene rings is 1. The van der Waals surface area contributed by atoms with E-state index in [1.54, 1.807) is 6.07 Å². The highest BCUT2D eigenvalue weighted by Gasteiger charge is 2.10. The Labute approximate surface area is 118 Å². The van der Waals surface area contributed by atoms with E-state index < -0.39 is 5.97 Å². The van der Waals surface area contributed by atoms with Gasteiger partial charge in [0.05, 0.1) is 5.56 Å². The Balaban J connectivity index is 2.39. The smallest absolute Gasteiger partial charge is 0.335 e. The highest BCUT2D eigenvalue weighted by Crippen LogP contribution is 2.25. The standard InChI is InChI=1S/C16H17NO3/c1-4-13-8-12(16(18)19)9-15(17-13)20-14-7-10(2)5-6-11(14)3/h5-9H,4H2,1-3H3,(H,18,19). The molecule has 0 saturated carbocycles. The van der Waals surface area contributed by atoms with E-state index in [0.29, 0.717) is 23.7 Å². The van der Waals surface area contributed by atoms with Crippen molar-refractivity contribution in [1.82, 2.24) is 4.98 Å². The van der Waals surface area contributed by atoms with Gasteiger partial charge in [-0.3, -0.25) is 0 Å². The maximum absolute atomic E-state index is 11.1. The third kappa shape index (κ3) is 3.15. The van der Waals surface area contributed by atoms with Gasteiger partial charge in [0, 0.05) is 11.8 Å². The van der Waals surface area contributed by atoms with Crippen LogP contribution in [0, 0.1) is 13.8 Å². The Kier molecular flexibility index (Phi) is 4.03. The summed E-state index contributed by atoms with van der Waals surface area (Å²) in [4.78, 5) is 15.4. The number of hydrogen-bond acceptors (Lipinski definition) is 3. The zero-order chi connectivity index (χ0) is 14.7. The Morgan fingerprint density at radius 3 is 2.65 bits per heavy atom. The van der Waals surface area contributed by atoms with E-state index >= 15 is 0 Å². The second-order valence-corrected chi connectivity index (χ2v) is 4.72. The normalized spacial score (nSPS) is 10.3. The molecule has 20 heavy (non-hydrogen) atoms. The second-order valence-electron chi connectivity index (χ2n) is 4.72. The molecule has 0 unspecified atom stereocenters. The van der Waals surface area contributed by atoms with Gasteiger partial charge in [-0.05, 0) is 43.5 Å². The van der Waals surface area contributed by atoms with Gasteiger partial charge in [0.25, 0.3) is 0 Å². The molecule has 0 spiro atoms. The highest BCUT2D eigenvalue weighted by molar-refractivity contribution is 5.88. The molecule has 0 aliphatic rings. The fourth-order valence-corrected chi connectivity index (χ4v) is 1.85. The van der Waals surface area contributed by atoms with E-state index in [0.717, 1.165) is 11.1 Å². The summed E-state index contributed by atoms with van der Waals surface area (Å²) in [7, 11) is 0. The van der Waals surface area contributed by atoms with Gasteiger partial charge >= 0.3 is 5.97 Å². The molecule has 2 rings (SSSR count). The SMILES string of the molecule is CCc1cc(C(=O)O)cc(Oc2cc(C)ccc2C)n1. The van der Waals surface area contributed by atoms with Gasteiger partial charge in [0.15, 0.2) is 0 Å². The monoisotopic (exact) mass is 271 g/mol. The van der Waals surface area contributed by atoms with Crippen LogP contribution in [-0.4, -0.2) is 16.1 Å². The number of carbonyl (C=O) groups is 1. The number of rotatable bonds is 4. The number of aryl methyl sites for hydroxylation is 3. The number of hydrogen-bond donors (Lipinski definition) is 1. The molecule has 0 atom stereocenters. The molecule has 0 fully saturated rings. The van der Waals surface area contributed by atoms with E-state index in [9.17, 15) is 4.79 Å². The van der Waals surface area contributed by atoms with Crippen LogP contribution < -0.4 is 4.74 Å². The summed E-state index contributed by atoms with van der Waals surface area (Å²) in [6.45, 7) is 5.84. The van der Waals surface area contributed by atoms with Gasteiger partial charge in [0.1, 0.15) is 5.75 Å². The molecular formula is C16H17NO3. The second kappa shape index (κ2) is 5.74. The summed E-state index contributed by atoms with van der Waals surface area (Å²) in [6.07, 6.45) is 0.657. The average Bonchev–Trinajstić information content (AvgIpc) is 2.42. The minimum atomic E-state index is -0.979. The Hall–Kier alpha value is -2.36. The fourth-order valence-electron chi connectivity index (χ4n) is 1.85. The largest absolute Gasteiger partial charge is 0.478 e. The number of carboxylic acid groups (broad SMARTS) is 1. The molecule has 1 heterocycles. The molecule has 4 heteroatoms. The van der Waals surface area contributed by atoms with E-state index in [4.69, 9.17) is 9.84 Å². The predicted octanol–water partition coefficient (Wildman–Crippen LogP) is 3.75. The van der Waals surface area contributed by atoms with Crippen molar-refractivity contribution in [3.8, 4) is 11.6 Å². The van der Waals surface area contributed by atoms with Crippen molar-refractivity contribution in [2.24, 2.45) is 0 Å². The highest BCUT2D eigenvalue weighted by atomic mass is 16.5. The molecule has 0 aliphatic carbocycles. The first-order valence-electron chi connectivity index (χ1n) is 6.49. The van der Waals surface area contributed by atoms with Crippen molar-refractivity contribution in [3.05, 3.63) is 52.7 Å². The summed E-state index contributed by atoms with van der Waals surface area (Å²) in [5, 5.41) is 9.11. The van der Waals surface area contributed by atoms with Crippen LogP contribution >= 0.6 is 0 Å². The van der Waals surface area contributed by atoms with Crippen molar-refractivity contribution in [2.75, 3.05) is 0 Å². The molecule has 2 aromatic rings. The fraction of sp³-hybridized carbons (Fsp3) is 0.250. The van der Waals surface area contributed by atoms with Crippen LogP contribution in [0.3, 0.4) is 0 Å². The van der Waals surface area contributed by atoms with Gasteiger partial charge in [-0.15, -0.1) is 0 Å². The first-order valence-corrected chi connectivity index (χ1v) is 6.49. The van der Waals surface area contributed by atoms with Gasteiger partial charge in [-0.1, -0.05) is 19.1 Å². The van der Waals surface area contributed by atoms with Crippen molar-refractivity contribution in [2.45, 2.75) is 27.2 Å². The number of aromatic nitrogens is 1. The van der Waals surface area contributed by atoms with Crippen LogP contribution in [-0.2, 0) is 6.42 Å². The number of nitrogens with zero attached hydrogens (tertiary/aromatic N) is 1. The maximum atomic E-state index is 11.1. The molecule has 104 valence electrons. The van der Waals surface area contributed by atoms with Crippen molar-refractivity contribution >= 4 is 5.97 Å². The van der Waals surface area contributed by atoms with Crippen molar-refractivity contribution in [3.63, 3.8) is 0 Å². The molecule has 4 nitrogen and oxygen atoms in total. The lowest BCUT2D eigenvalue weighted by Gasteiger charge is -2.10. The Morgan fingerprint density at radius 1 is 1.25 bits per heavy atom. The molecule has 0 bridgehead atoms. The van der Waals surface area contributed by atoms with Gasteiger partial charge in [-0.25, -0.2) is 9.78 Å². The van der Waals surface area contributed by atoms with Crippen LogP contribution in [0.1, 0.15) is 34.1 Å². The Bertz CT molecular complexity index is 650. The quantitative estimate of drug-likeness (QED) is 0.920. The number of carboxylic acids is 1. The molecule has 0 saturated heterocycles. The molecule has 0 aliphatic heterocycles. The van der Waals surface area contributed by atoms with E-state index in [1.165, 1.54) is 6.07 Å². The number of ether oxygens (including phenoxy) is 1. The predicted molar refractivity (Wildman–Crippen MR) is 76.6 cm³/mol. The summed E-state index contributed by atoms with van der Waals surface area (Å²) < 4.78 is 5.75. The van der Waals surface area contributed by atoms with E-state index in [-0.39, 0.29) is 5.56 Å². The molecule has 1 aromatic heterocycles. The lowest BCUT2D eigenvalue weighted by Crippen LogP contribution is -2.01. The topological polar surface area (TPSA) is 59.4 Å². The van der Waals surface area contributed by atoms with Crippen LogP contribution in [0.2, 0.25) is 0 Å². The van der Waals surface area contributed by atoms with Crippen LogP contribution in [0.15, 0.2) is 30.3 Å². The molecule has 0 amide bonds. The van der Waals surface area contributed by atoms with Crippen molar-refractivity contribution in [1.29, 1.82) is 0 Å². The van der Waals surface area contributed by atoms with Gasteiger partial charge in [-0.2, -0.15) is 0 Å². The average molecular weight is 271 g/mol. The minimum Gasteiger partial charge on any atom is -0.478 e. The minimum absolute atomic E-state index is 0.192. The molecule has 1 N–H and O–H groups in total. The third-order valence-electron chi connectivity index (χ3n) is 3.02. The lowest BCUT2D eigenvalue weighted by atomic mass is 10.1. The summed E-state index contributed by atoms with van der Waals surface area (Å²) in [5.41, 5.74) is 2.95.